The second-order valence-corrected chi connectivity index (χ2v) is 6.49. The van der Waals surface area contributed by atoms with Gasteiger partial charge in [0.2, 0.25) is 0 Å². The van der Waals surface area contributed by atoms with Gasteiger partial charge in [-0.25, -0.2) is 0 Å². The Morgan fingerprint density at radius 2 is 1.90 bits per heavy atom. The van der Waals surface area contributed by atoms with Crippen molar-refractivity contribution in [3.63, 3.8) is 0 Å². The Balaban J connectivity index is 2.27. The summed E-state index contributed by atoms with van der Waals surface area (Å²) in [6.45, 7) is 10.8. The van der Waals surface area contributed by atoms with Crippen LogP contribution in [0.25, 0.3) is 11.0 Å². The minimum Gasteiger partial charge on any atom is -0.331 e. The van der Waals surface area contributed by atoms with Crippen molar-refractivity contribution in [2.24, 2.45) is 0 Å². The van der Waals surface area contributed by atoms with Gasteiger partial charge in [0, 0.05) is 30.2 Å². The third-order valence-corrected chi connectivity index (χ3v) is 4.20. The summed E-state index contributed by atoms with van der Waals surface area (Å²) in [4.78, 5) is 5.70. The van der Waals surface area contributed by atoms with Crippen LogP contribution in [-0.2, 0) is 6.54 Å². The molecule has 110 valence electrons. The van der Waals surface area contributed by atoms with E-state index in [9.17, 15) is 0 Å². The van der Waals surface area contributed by atoms with Crippen LogP contribution in [0.4, 0.5) is 0 Å². The van der Waals surface area contributed by atoms with Crippen LogP contribution in [-0.4, -0.2) is 33.1 Å². The zero-order valence-corrected chi connectivity index (χ0v) is 14.1. The van der Waals surface area contributed by atoms with Crippen LogP contribution in [0.2, 0.25) is 5.02 Å². The van der Waals surface area contributed by atoms with E-state index in [1.807, 2.05) is 18.2 Å². The molecule has 2 rings (SSSR count). The predicted octanol–water partition coefficient (Wildman–Crippen LogP) is 4.47. The average Bonchev–Trinajstić information content (AvgIpc) is 2.65. The van der Waals surface area contributed by atoms with E-state index in [0.717, 1.165) is 33.9 Å². The van der Waals surface area contributed by atoms with Crippen molar-refractivity contribution < 1.29 is 0 Å². The summed E-state index contributed by atoms with van der Waals surface area (Å²) in [6, 6.07) is 6.88. The molecule has 20 heavy (non-hydrogen) atoms. The third kappa shape index (κ3) is 3.25. The Hall–Kier alpha value is -0.840. The number of H-pyrrole nitrogens is 1. The van der Waals surface area contributed by atoms with Gasteiger partial charge in [-0.2, -0.15) is 0 Å². The van der Waals surface area contributed by atoms with Crippen molar-refractivity contribution in [1.29, 1.82) is 0 Å². The highest BCUT2D eigenvalue weighted by molar-refractivity contribution is 7.71. The molecule has 1 aromatic heterocycles. The first-order valence-corrected chi connectivity index (χ1v) is 7.82. The summed E-state index contributed by atoms with van der Waals surface area (Å²) in [5.74, 6) is 0. The normalized spacial score (nSPS) is 12.2. The minimum atomic E-state index is 0.526. The van der Waals surface area contributed by atoms with Gasteiger partial charge in [-0.05, 0) is 58.1 Å². The molecule has 0 aliphatic carbocycles. The SMILES string of the molecule is CC(C)N(CCn1c(=S)[nH]c2ccc(Cl)cc21)C(C)C. The predicted molar refractivity (Wildman–Crippen MR) is 89.1 cm³/mol. The fourth-order valence-corrected chi connectivity index (χ4v) is 3.14. The quantitative estimate of drug-likeness (QED) is 0.824. The molecule has 0 bridgehead atoms. The summed E-state index contributed by atoms with van der Waals surface area (Å²) >= 11 is 11.5. The van der Waals surface area contributed by atoms with Crippen LogP contribution >= 0.6 is 23.8 Å². The van der Waals surface area contributed by atoms with Gasteiger partial charge in [-0.3, -0.25) is 4.90 Å². The number of nitrogens with one attached hydrogen (secondary N) is 1. The zero-order chi connectivity index (χ0) is 14.9. The van der Waals surface area contributed by atoms with E-state index in [1.54, 1.807) is 0 Å². The molecule has 0 unspecified atom stereocenters. The number of rotatable bonds is 5. The lowest BCUT2D eigenvalue weighted by Crippen LogP contribution is -2.39. The second-order valence-electron chi connectivity index (χ2n) is 5.67. The van der Waals surface area contributed by atoms with Gasteiger partial charge in [0.1, 0.15) is 0 Å². The van der Waals surface area contributed by atoms with Gasteiger partial charge in [0.05, 0.1) is 11.0 Å². The molecule has 0 radical (unpaired) electrons. The number of aromatic nitrogens is 2. The lowest BCUT2D eigenvalue weighted by Gasteiger charge is -2.30. The molecule has 0 fully saturated rings. The molecule has 0 aliphatic heterocycles. The van der Waals surface area contributed by atoms with Crippen LogP contribution in [0.5, 0.6) is 0 Å². The van der Waals surface area contributed by atoms with Gasteiger partial charge in [0.25, 0.3) is 0 Å². The number of nitrogens with zero attached hydrogens (tertiary/aromatic N) is 2. The summed E-state index contributed by atoms with van der Waals surface area (Å²) < 4.78 is 2.89. The Morgan fingerprint density at radius 1 is 1.25 bits per heavy atom. The fraction of sp³-hybridized carbons (Fsp3) is 0.533. The van der Waals surface area contributed by atoms with Crippen molar-refractivity contribution >= 4 is 34.9 Å². The van der Waals surface area contributed by atoms with Crippen LogP contribution in [0.1, 0.15) is 27.7 Å². The molecule has 0 amide bonds. The number of benzene rings is 1. The number of halogens is 1. The Labute approximate surface area is 130 Å². The van der Waals surface area contributed by atoms with E-state index in [1.165, 1.54) is 0 Å². The monoisotopic (exact) mass is 311 g/mol. The van der Waals surface area contributed by atoms with Gasteiger partial charge >= 0.3 is 0 Å². The highest BCUT2D eigenvalue weighted by Gasteiger charge is 2.14. The Kier molecular flexibility index (Phi) is 4.89. The minimum absolute atomic E-state index is 0.526. The molecule has 0 saturated carbocycles. The molecular formula is C15H22ClN3S. The molecule has 0 saturated heterocycles. The van der Waals surface area contributed by atoms with Crippen LogP contribution < -0.4 is 0 Å². The first kappa shape index (κ1) is 15.5. The molecule has 0 aliphatic rings. The largest absolute Gasteiger partial charge is 0.331 e. The highest BCUT2D eigenvalue weighted by Crippen LogP contribution is 2.19. The molecule has 1 aromatic carbocycles. The van der Waals surface area contributed by atoms with Gasteiger partial charge in [0.15, 0.2) is 4.77 Å². The maximum absolute atomic E-state index is 6.09. The molecule has 0 spiro atoms. The summed E-state index contributed by atoms with van der Waals surface area (Å²) in [6.07, 6.45) is 0. The van der Waals surface area contributed by atoms with Crippen molar-refractivity contribution in [2.75, 3.05) is 6.54 Å². The number of hydrogen-bond acceptors (Lipinski definition) is 2. The standard InChI is InChI=1S/C15H22ClN3S/c1-10(2)18(11(3)4)7-8-19-14-9-12(16)5-6-13(14)17-15(19)20/h5-6,9-11H,7-8H2,1-4H3,(H,17,20). The first-order chi connectivity index (χ1) is 9.40. The third-order valence-electron chi connectivity index (χ3n) is 3.65. The summed E-state index contributed by atoms with van der Waals surface area (Å²) in [7, 11) is 0. The number of imidazole rings is 1. The number of hydrogen-bond donors (Lipinski definition) is 1. The van der Waals surface area contributed by atoms with E-state index in [0.29, 0.717) is 12.1 Å². The molecule has 0 atom stereocenters. The molecule has 5 heteroatoms. The van der Waals surface area contributed by atoms with E-state index in [-0.39, 0.29) is 0 Å². The molecular weight excluding hydrogens is 290 g/mol. The number of aromatic amines is 1. The van der Waals surface area contributed by atoms with E-state index >= 15 is 0 Å². The lowest BCUT2D eigenvalue weighted by molar-refractivity contribution is 0.168. The van der Waals surface area contributed by atoms with Crippen molar-refractivity contribution in [3.8, 4) is 0 Å². The molecule has 3 nitrogen and oxygen atoms in total. The van der Waals surface area contributed by atoms with E-state index in [2.05, 4.69) is 42.1 Å². The Bertz CT molecular complexity index is 634. The fourth-order valence-electron chi connectivity index (χ4n) is 2.68. The van der Waals surface area contributed by atoms with Crippen LogP contribution in [0, 0.1) is 4.77 Å². The van der Waals surface area contributed by atoms with E-state index < -0.39 is 0 Å². The number of fused-ring (bicyclic) bond motifs is 1. The van der Waals surface area contributed by atoms with Crippen molar-refractivity contribution in [3.05, 3.63) is 28.0 Å². The first-order valence-electron chi connectivity index (χ1n) is 7.04. The second kappa shape index (κ2) is 6.29. The highest BCUT2D eigenvalue weighted by atomic mass is 35.5. The molecule has 1 N–H and O–H groups in total. The maximum Gasteiger partial charge on any atom is 0.178 e. The van der Waals surface area contributed by atoms with Crippen LogP contribution in [0.3, 0.4) is 0 Å². The van der Waals surface area contributed by atoms with Gasteiger partial charge < -0.3 is 9.55 Å². The smallest absolute Gasteiger partial charge is 0.178 e. The molecule has 2 aromatic rings. The molecule has 1 heterocycles. The average molecular weight is 312 g/mol. The maximum atomic E-state index is 6.09. The topological polar surface area (TPSA) is 24.0 Å². The zero-order valence-electron chi connectivity index (χ0n) is 12.5. The van der Waals surface area contributed by atoms with Gasteiger partial charge in [-0.1, -0.05) is 11.6 Å². The lowest BCUT2D eigenvalue weighted by atomic mass is 10.2. The van der Waals surface area contributed by atoms with Crippen LogP contribution in [0.15, 0.2) is 18.2 Å². The summed E-state index contributed by atoms with van der Waals surface area (Å²) in [5.41, 5.74) is 2.12. The van der Waals surface area contributed by atoms with E-state index in [4.69, 9.17) is 23.8 Å². The Morgan fingerprint density at radius 3 is 2.50 bits per heavy atom. The van der Waals surface area contributed by atoms with Crippen molar-refractivity contribution in [2.45, 2.75) is 46.3 Å². The summed E-state index contributed by atoms with van der Waals surface area (Å²) in [5, 5.41) is 0.741. The van der Waals surface area contributed by atoms with Gasteiger partial charge in [-0.15, -0.1) is 0 Å². The van der Waals surface area contributed by atoms with Crippen molar-refractivity contribution in [1.82, 2.24) is 14.5 Å².